The standard InChI is InChI=1S/C15H20N2O3.Na/c18-14(19)10-4-2-1-3-7-11-17-13-9-6-5-8-12(13)16-15(17)20;/h5-6,8-9H,1-4,7,10-11H2,(H,16,20)(H,18,19);/q;+1/p-1. The van der Waals surface area contributed by atoms with Crippen LogP contribution in [0.5, 0.6) is 0 Å². The van der Waals surface area contributed by atoms with Gasteiger partial charge in [-0.1, -0.05) is 31.4 Å². The Balaban J connectivity index is 0.00000220. The van der Waals surface area contributed by atoms with Crippen LogP contribution in [-0.2, 0) is 11.3 Å². The summed E-state index contributed by atoms with van der Waals surface area (Å²) in [5.41, 5.74) is 1.74. The summed E-state index contributed by atoms with van der Waals surface area (Å²) in [5.74, 6) is -0.977. The van der Waals surface area contributed by atoms with Crippen molar-refractivity contribution in [1.29, 1.82) is 0 Å². The van der Waals surface area contributed by atoms with Gasteiger partial charge in [0, 0.05) is 12.5 Å². The van der Waals surface area contributed by atoms with Gasteiger partial charge in [0.15, 0.2) is 0 Å². The normalized spacial score (nSPS) is 10.5. The van der Waals surface area contributed by atoms with Crippen molar-refractivity contribution in [2.45, 2.75) is 45.1 Å². The first-order valence-corrected chi connectivity index (χ1v) is 7.06. The summed E-state index contributed by atoms with van der Waals surface area (Å²) in [6.45, 7) is 0.698. The Hall–Kier alpha value is -1.04. The van der Waals surface area contributed by atoms with Gasteiger partial charge in [-0.25, -0.2) is 4.79 Å². The molecule has 1 heterocycles. The number of H-pyrrole nitrogens is 1. The van der Waals surface area contributed by atoms with Gasteiger partial charge in [0.2, 0.25) is 0 Å². The SMILES string of the molecule is O=C([O-])CCCCCCCn1c(=O)[nH]c2ccccc21.[Na+]. The monoisotopic (exact) mass is 298 g/mol. The molecule has 1 N–H and O–H groups in total. The number of aryl methyl sites for hydroxylation is 1. The number of hydrogen-bond acceptors (Lipinski definition) is 3. The van der Waals surface area contributed by atoms with Crippen LogP contribution in [0.2, 0.25) is 0 Å². The number of para-hydroxylation sites is 2. The van der Waals surface area contributed by atoms with Crippen molar-refractivity contribution in [3.05, 3.63) is 34.7 Å². The van der Waals surface area contributed by atoms with Crippen LogP contribution in [0.15, 0.2) is 29.1 Å². The van der Waals surface area contributed by atoms with Gasteiger partial charge in [0.25, 0.3) is 0 Å². The molecule has 0 fully saturated rings. The molecule has 0 aliphatic heterocycles. The van der Waals surface area contributed by atoms with Crippen LogP contribution in [0.3, 0.4) is 0 Å². The van der Waals surface area contributed by atoms with E-state index in [0.29, 0.717) is 13.0 Å². The molecular formula is C15H19N2NaO3. The maximum absolute atomic E-state index is 11.8. The summed E-state index contributed by atoms with van der Waals surface area (Å²) < 4.78 is 1.76. The van der Waals surface area contributed by atoms with E-state index in [1.165, 1.54) is 0 Å². The number of fused-ring (bicyclic) bond motifs is 1. The fraction of sp³-hybridized carbons (Fsp3) is 0.467. The van der Waals surface area contributed by atoms with Crippen LogP contribution in [0.1, 0.15) is 38.5 Å². The maximum atomic E-state index is 11.8. The molecule has 0 bridgehead atoms. The van der Waals surface area contributed by atoms with Crippen molar-refractivity contribution in [3.8, 4) is 0 Å². The van der Waals surface area contributed by atoms with Crippen molar-refractivity contribution in [1.82, 2.24) is 9.55 Å². The van der Waals surface area contributed by atoms with Crippen LogP contribution < -0.4 is 40.4 Å². The number of rotatable bonds is 8. The van der Waals surface area contributed by atoms with E-state index in [4.69, 9.17) is 0 Å². The van der Waals surface area contributed by atoms with Crippen LogP contribution in [0, 0.1) is 0 Å². The number of carbonyl (C=O) groups is 1. The Morgan fingerprint density at radius 2 is 1.76 bits per heavy atom. The van der Waals surface area contributed by atoms with E-state index < -0.39 is 5.97 Å². The number of aromatic nitrogens is 2. The molecule has 1 aromatic carbocycles. The van der Waals surface area contributed by atoms with Crippen molar-refractivity contribution < 1.29 is 39.5 Å². The summed E-state index contributed by atoms with van der Waals surface area (Å²) >= 11 is 0. The fourth-order valence-electron chi connectivity index (χ4n) is 2.40. The van der Waals surface area contributed by atoms with E-state index in [1.807, 2.05) is 24.3 Å². The van der Waals surface area contributed by atoms with Crippen LogP contribution in [-0.4, -0.2) is 15.5 Å². The van der Waals surface area contributed by atoms with Crippen molar-refractivity contribution in [3.63, 3.8) is 0 Å². The van der Waals surface area contributed by atoms with Gasteiger partial charge >= 0.3 is 35.2 Å². The van der Waals surface area contributed by atoms with Gasteiger partial charge < -0.3 is 14.9 Å². The topological polar surface area (TPSA) is 77.9 Å². The van der Waals surface area contributed by atoms with E-state index in [2.05, 4.69) is 4.98 Å². The second-order valence-electron chi connectivity index (χ2n) is 4.99. The number of benzene rings is 1. The number of unbranched alkanes of at least 4 members (excludes halogenated alkanes) is 4. The first-order chi connectivity index (χ1) is 9.68. The summed E-state index contributed by atoms with van der Waals surface area (Å²) in [7, 11) is 0. The van der Waals surface area contributed by atoms with Crippen molar-refractivity contribution >= 4 is 17.0 Å². The first-order valence-electron chi connectivity index (χ1n) is 7.06. The molecule has 0 unspecified atom stereocenters. The molecule has 0 aliphatic rings. The minimum Gasteiger partial charge on any atom is -0.550 e. The predicted octanol–water partition coefficient (Wildman–Crippen LogP) is -1.58. The molecule has 21 heavy (non-hydrogen) atoms. The number of nitrogens with one attached hydrogen (secondary N) is 1. The minimum absolute atomic E-state index is 0. The number of imidazole rings is 1. The quantitative estimate of drug-likeness (QED) is 0.472. The van der Waals surface area contributed by atoms with Gasteiger partial charge in [-0.15, -0.1) is 0 Å². The van der Waals surface area contributed by atoms with Crippen molar-refractivity contribution in [2.75, 3.05) is 0 Å². The number of aliphatic carboxylic acids is 1. The zero-order chi connectivity index (χ0) is 14.4. The Kier molecular flexibility index (Phi) is 7.78. The number of nitrogens with zero attached hydrogens (tertiary/aromatic N) is 1. The first kappa shape index (κ1) is 18.0. The maximum Gasteiger partial charge on any atom is 1.00 e. The van der Waals surface area contributed by atoms with Gasteiger partial charge in [-0.3, -0.25) is 4.57 Å². The number of carboxylic acids is 1. The molecule has 108 valence electrons. The van der Waals surface area contributed by atoms with Gasteiger partial charge in [0.05, 0.1) is 11.0 Å². The molecule has 0 amide bonds. The predicted molar refractivity (Wildman–Crippen MR) is 75.3 cm³/mol. The van der Waals surface area contributed by atoms with Crippen LogP contribution >= 0.6 is 0 Å². The largest absolute Gasteiger partial charge is 1.00 e. The molecule has 0 saturated heterocycles. The molecule has 2 rings (SSSR count). The third-order valence-electron chi connectivity index (χ3n) is 3.44. The summed E-state index contributed by atoms with van der Waals surface area (Å²) in [5, 5.41) is 10.3. The number of aromatic amines is 1. The molecule has 0 spiro atoms. The Bertz CT molecular complexity index is 633. The zero-order valence-electron chi connectivity index (χ0n) is 12.4. The Morgan fingerprint density at radius 3 is 2.52 bits per heavy atom. The summed E-state index contributed by atoms with van der Waals surface area (Å²) in [6.07, 6.45) is 4.63. The van der Waals surface area contributed by atoms with E-state index in [9.17, 15) is 14.7 Å². The molecule has 0 radical (unpaired) electrons. The molecule has 0 aliphatic carbocycles. The second kappa shape index (κ2) is 9.07. The second-order valence-corrected chi connectivity index (χ2v) is 4.99. The minimum atomic E-state index is -0.977. The van der Waals surface area contributed by atoms with Gasteiger partial charge in [-0.05, 0) is 31.4 Å². The van der Waals surface area contributed by atoms with Crippen molar-refractivity contribution in [2.24, 2.45) is 0 Å². The third-order valence-corrected chi connectivity index (χ3v) is 3.44. The molecule has 5 nitrogen and oxygen atoms in total. The molecular weight excluding hydrogens is 279 g/mol. The Morgan fingerprint density at radius 1 is 1.10 bits per heavy atom. The average Bonchev–Trinajstić information content (AvgIpc) is 2.73. The van der Waals surface area contributed by atoms with Crippen LogP contribution in [0.4, 0.5) is 0 Å². The van der Waals surface area contributed by atoms with E-state index >= 15 is 0 Å². The molecule has 6 heteroatoms. The molecule has 2 aromatic rings. The van der Waals surface area contributed by atoms with Crippen LogP contribution in [0.25, 0.3) is 11.0 Å². The smallest absolute Gasteiger partial charge is 0.550 e. The van der Waals surface area contributed by atoms with Gasteiger partial charge in [-0.2, -0.15) is 0 Å². The van der Waals surface area contributed by atoms with Gasteiger partial charge in [0.1, 0.15) is 0 Å². The number of carboxylic acid groups (broad SMARTS) is 1. The number of carbonyl (C=O) groups excluding carboxylic acids is 1. The molecule has 1 aromatic heterocycles. The molecule has 0 saturated carbocycles. The van der Waals surface area contributed by atoms with E-state index in [1.54, 1.807) is 4.57 Å². The summed E-state index contributed by atoms with van der Waals surface area (Å²) in [6, 6.07) is 7.66. The Labute approximate surface area is 145 Å². The number of hydrogen-bond donors (Lipinski definition) is 1. The van der Waals surface area contributed by atoms with E-state index in [-0.39, 0.29) is 41.7 Å². The van der Waals surface area contributed by atoms with E-state index in [0.717, 1.165) is 36.7 Å². The zero-order valence-corrected chi connectivity index (χ0v) is 14.4. The third kappa shape index (κ3) is 5.34. The molecule has 0 atom stereocenters. The average molecular weight is 298 g/mol. The fourth-order valence-corrected chi connectivity index (χ4v) is 2.40. The summed E-state index contributed by atoms with van der Waals surface area (Å²) in [4.78, 5) is 24.9.